The first-order chi connectivity index (χ1) is 13.3. The molecule has 0 aromatic heterocycles. The van der Waals surface area contributed by atoms with E-state index in [4.69, 9.17) is 5.73 Å². The Morgan fingerprint density at radius 1 is 1.00 bits per heavy atom. The van der Waals surface area contributed by atoms with Crippen molar-refractivity contribution in [3.8, 4) is 0 Å². The minimum atomic E-state index is -0.482. The molecule has 2 amide bonds. The second-order valence-corrected chi connectivity index (χ2v) is 7.67. The number of rotatable bonds is 9. The van der Waals surface area contributed by atoms with Gasteiger partial charge in [-0.1, -0.05) is 51.5 Å². The molecule has 0 saturated carbocycles. The second kappa shape index (κ2) is 10.0. The largest absolute Gasteiger partial charge is 0.366 e. The van der Waals surface area contributed by atoms with Crippen molar-refractivity contribution >= 4 is 17.5 Å². The Morgan fingerprint density at radius 2 is 1.61 bits per heavy atom. The van der Waals surface area contributed by atoms with Crippen LogP contribution in [0.5, 0.6) is 0 Å². The molecule has 0 aliphatic carbocycles. The standard InChI is InChI=1S/C23H31N3O2/c1-5-6-17-7-9-18(10-8-17)21(15(2)3)25-16(4)23(28)26-20-13-11-19(12-14-20)22(24)27/h7-16,21,25H,5-6H2,1-4H3,(H2,24,27)(H,26,28)/p+1/t16-,21+/m0/s1. The van der Waals surface area contributed by atoms with Crippen molar-refractivity contribution in [2.24, 2.45) is 11.7 Å². The number of aryl methyl sites for hydroxylation is 1. The van der Waals surface area contributed by atoms with E-state index in [0.29, 0.717) is 17.2 Å². The first-order valence-corrected chi connectivity index (χ1v) is 9.96. The molecule has 0 aliphatic heterocycles. The minimum Gasteiger partial charge on any atom is -0.366 e. The van der Waals surface area contributed by atoms with Gasteiger partial charge in [0.15, 0.2) is 6.04 Å². The molecule has 0 fully saturated rings. The number of primary amides is 1. The third kappa shape index (κ3) is 5.92. The van der Waals surface area contributed by atoms with Gasteiger partial charge in [0.25, 0.3) is 5.91 Å². The molecular weight excluding hydrogens is 350 g/mol. The molecule has 2 aromatic rings. The van der Waals surface area contributed by atoms with Gasteiger partial charge in [0.1, 0.15) is 6.04 Å². The Hall–Kier alpha value is -2.66. The van der Waals surface area contributed by atoms with Crippen LogP contribution in [-0.4, -0.2) is 17.9 Å². The molecule has 2 atom stereocenters. The van der Waals surface area contributed by atoms with Crippen LogP contribution in [0.4, 0.5) is 5.69 Å². The van der Waals surface area contributed by atoms with Gasteiger partial charge in [-0.25, -0.2) is 0 Å². The van der Waals surface area contributed by atoms with Crippen molar-refractivity contribution in [3.63, 3.8) is 0 Å². The molecule has 0 bridgehead atoms. The van der Waals surface area contributed by atoms with Gasteiger partial charge in [0.05, 0.1) is 0 Å². The van der Waals surface area contributed by atoms with Crippen molar-refractivity contribution < 1.29 is 14.9 Å². The highest BCUT2D eigenvalue weighted by Crippen LogP contribution is 2.19. The van der Waals surface area contributed by atoms with Gasteiger partial charge < -0.3 is 16.4 Å². The number of carbonyl (C=O) groups excluding carboxylic acids is 2. The van der Waals surface area contributed by atoms with Crippen LogP contribution in [-0.2, 0) is 11.2 Å². The first-order valence-electron chi connectivity index (χ1n) is 9.96. The van der Waals surface area contributed by atoms with Gasteiger partial charge in [-0.15, -0.1) is 0 Å². The zero-order valence-electron chi connectivity index (χ0n) is 17.2. The maximum atomic E-state index is 12.6. The number of hydrogen-bond donors (Lipinski definition) is 3. The molecule has 0 radical (unpaired) electrons. The van der Waals surface area contributed by atoms with Crippen molar-refractivity contribution in [3.05, 3.63) is 65.2 Å². The highest BCUT2D eigenvalue weighted by atomic mass is 16.2. The lowest BCUT2D eigenvalue weighted by Gasteiger charge is -2.23. The van der Waals surface area contributed by atoms with E-state index in [9.17, 15) is 9.59 Å². The molecule has 5 heteroatoms. The van der Waals surface area contributed by atoms with Crippen LogP contribution in [0.1, 0.15) is 61.6 Å². The summed E-state index contributed by atoms with van der Waals surface area (Å²) >= 11 is 0. The van der Waals surface area contributed by atoms with E-state index in [-0.39, 0.29) is 18.0 Å². The van der Waals surface area contributed by atoms with Crippen molar-refractivity contribution in [2.45, 2.75) is 52.6 Å². The predicted molar refractivity (Wildman–Crippen MR) is 113 cm³/mol. The second-order valence-electron chi connectivity index (χ2n) is 7.67. The Balaban J connectivity index is 2.03. The molecule has 2 rings (SSSR count). The highest BCUT2D eigenvalue weighted by Gasteiger charge is 2.26. The predicted octanol–water partition coefficient (Wildman–Crippen LogP) is 3.03. The van der Waals surface area contributed by atoms with Crippen LogP contribution in [0.25, 0.3) is 0 Å². The summed E-state index contributed by atoms with van der Waals surface area (Å²) in [7, 11) is 0. The van der Waals surface area contributed by atoms with E-state index in [0.717, 1.165) is 12.8 Å². The Morgan fingerprint density at radius 3 is 2.11 bits per heavy atom. The summed E-state index contributed by atoms with van der Waals surface area (Å²) in [4.78, 5) is 23.8. The van der Waals surface area contributed by atoms with Gasteiger partial charge >= 0.3 is 0 Å². The number of nitrogens with two attached hydrogens (primary N) is 2. The summed E-state index contributed by atoms with van der Waals surface area (Å²) in [5, 5.41) is 5.02. The summed E-state index contributed by atoms with van der Waals surface area (Å²) in [5.74, 6) is -0.161. The molecule has 2 aromatic carbocycles. The van der Waals surface area contributed by atoms with Crippen LogP contribution in [0, 0.1) is 5.92 Å². The van der Waals surface area contributed by atoms with Gasteiger partial charge in [0, 0.05) is 22.7 Å². The molecule has 5 nitrogen and oxygen atoms in total. The monoisotopic (exact) mass is 382 g/mol. The van der Waals surface area contributed by atoms with Gasteiger partial charge in [-0.3, -0.25) is 9.59 Å². The Kier molecular flexibility index (Phi) is 7.76. The summed E-state index contributed by atoms with van der Waals surface area (Å²) in [6, 6.07) is 15.3. The molecule has 0 aliphatic rings. The summed E-state index contributed by atoms with van der Waals surface area (Å²) in [5.41, 5.74) is 8.90. The summed E-state index contributed by atoms with van der Waals surface area (Å²) in [6.45, 7) is 8.44. The third-order valence-electron chi connectivity index (χ3n) is 4.97. The average Bonchev–Trinajstić information content (AvgIpc) is 2.67. The van der Waals surface area contributed by atoms with E-state index >= 15 is 0 Å². The number of carbonyl (C=O) groups is 2. The summed E-state index contributed by atoms with van der Waals surface area (Å²) in [6.07, 6.45) is 2.22. The number of quaternary nitrogens is 1. The zero-order chi connectivity index (χ0) is 20.7. The highest BCUT2D eigenvalue weighted by molar-refractivity contribution is 5.95. The van der Waals surface area contributed by atoms with Crippen molar-refractivity contribution in [1.29, 1.82) is 0 Å². The fourth-order valence-electron chi connectivity index (χ4n) is 3.29. The van der Waals surface area contributed by atoms with Crippen molar-refractivity contribution in [2.75, 3.05) is 5.32 Å². The normalized spacial score (nSPS) is 13.2. The number of anilines is 1. The van der Waals surface area contributed by atoms with Crippen LogP contribution in [0.15, 0.2) is 48.5 Å². The van der Waals surface area contributed by atoms with E-state index < -0.39 is 5.91 Å². The molecule has 150 valence electrons. The van der Waals surface area contributed by atoms with E-state index in [2.05, 4.69) is 55.7 Å². The lowest BCUT2D eigenvalue weighted by Crippen LogP contribution is -2.93. The zero-order valence-corrected chi connectivity index (χ0v) is 17.2. The molecular formula is C23H32N3O2+. The fourth-order valence-corrected chi connectivity index (χ4v) is 3.29. The fraction of sp³-hybridized carbons (Fsp3) is 0.391. The SMILES string of the molecule is CCCc1ccc([C@H]([NH2+][C@@H](C)C(=O)Nc2ccc(C(N)=O)cc2)C(C)C)cc1. The van der Waals surface area contributed by atoms with E-state index in [1.807, 2.05) is 6.92 Å². The quantitative estimate of drug-likeness (QED) is 0.622. The van der Waals surface area contributed by atoms with Crippen molar-refractivity contribution in [1.82, 2.24) is 0 Å². The average molecular weight is 383 g/mol. The van der Waals surface area contributed by atoms with Gasteiger partial charge in [-0.2, -0.15) is 0 Å². The molecule has 0 heterocycles. The number of amides is 2. The number of benzene rings is 2. The smallest absolute Gasteiger partial charge is 0.282 e. The van der Waals surface area contributed by atoms with Crippen LogP contribution in [0.2, 0.25) is 0 Å². The first kappa shape index (κ1) is 21.6. The van der Waals surface area contributed by atoms with E-state index in [1.54, 1.807) is 24.3 Å². The van der Waals surface area contributed by atoms with Crippen LogP contribution < -0.4 is 16.4 Å². The molecule has 0 saturated heterocycles. The van der Waals surface area contributed by atoms with Crippen LogP contribution in [0.3, 0.4) is 0 Å². The number of nitrogens with one attached hydrogen (secondary N) is 1. The number of hydrogen-bond acceptors (Lipinski definition) is 2. The molecule has 0 unspecified atom stereocenters. The Labute approximate surface area is 167 Å². The third-order valence-corrected chi connectivity index (χ3v) is 4.97. The van der Waals surface area contributed by atoms with Crippen LogP contribution >= 0.6 is 0 Å². The maximum absolute atomic E-state index is 12.6. The Bertz CT molecular complexity index is 782. The lowest BCUT2D eigenvalue weighted by atomic mass is 9.94. The molecule has 28 heavy (non-hydrogen) atoms. The van der Waals surface area contributed by atoms with Gasteiger partial charge in [0.2, 0.25) is 5.91 Å². The summed E-state index contributed by atoms with van der Waals surface area (Å²) < 4.78 is 0. The minimum absolute atomic E-state index is 0.0694. The topological polar surface area (TPSA) is 88.8 Å². The van der Waals surface area contributed by atoms with E-state index in [1.165, 1.54) is 11.1 Å². The molecule has 5 N–H and O–H groups in total. The van der Waals surface area contributed by atoms with Gasteiger partial charge in [-0.05, 0) is 43.2 Å². The molecule has 0 spiro atoms. The lowest BCUT2D eigenvalue weighted by molar-refractivity contribution is -0.718. The maximum Gasteiger partial charge on any atom is 0.282 e.